The first kappa shape index (κ1) is 17.2. The van der Waals surface area contributed by atoms with Crippen molar-refractivity contribution in [3.63, 3.8) is 0 Å². The van der Waals surface area contributed by atoms with Gasteiger partial charge in [0.25, 0.3) is 0 Å². The summed E-state index contributed by atoms with van der Waals surface area (Å²) in [6.07, 6.45) is 6.44. The second-order valence-corrected chi connectivity index (χ2v) is 5.00. The number of halogens is 1. The van der Waals surface area contributed by atoms with Crippen molar-refractivity contribution in [1.82, 2.24) is 0 Å². The predicted octanol–water partition coefficient (Wildman–Crippen LogP) is 3.96. The summed E-state index contributed by atoms with van der Waals surface area (Å²) in [7, 11) is 0. The van der Waals surface area contributed by atoms with Crippen molar-refractivity contribution in [2.75, 3.05) is 11.9 Å². The molecule has 0 saturated carbocycles. The van der Waals surface area contributed by atoms with Gasteiger partial charge in [0.1, 0.15) is 0 Å². The van der Waals surface area contributed by atoms with E-state index in [1.54, 1.807) is 24.3 Å². The van der Waals surface area contributed by atoms with Gasteiger partial charge < -0.3 is 10.1 Å². The molecule has 0 unspecified atom stereocenters. The number of amides is 1. The molecule has 1 N–H and O–H groups in total. The summed E-state index contributed by atoms with van der Waals surface area (Å²) in [5.74, 6) is -0.909. The van der Waals surface area contributed by atoms with Gasteiger partial charge in [-0.05, 0) is 24.6 Å². The Morgan fingerprint density at radius 1 is 1.24 bits per heavy atom. The van der Waals surface area contributed by atoms with Crippen molar-refractivity contribution in [2.24, 2.45) is 0 Å². The summed E-state index contributed by atoms with van der Waals surface area (Å²) >= 11 is 5.81. The number of rotatable bonds is 8. The van der Waals surface area contributed by atoms with Gasteiger partial charge in [-0.15, -0.1) is 0 Å². The maximum Gasteiger partial charge on any atom is 0.330 e. The van der Waals surface area contributed by atoms with Crippen LogP contribution in [0, 0.1) is 0 Å². The van der Waals surface area contributed by atoms with Crippen LogP contribution in [0.15, 0.2) is 36.4 Å². The van der Waals surface area contributed by atoms with Crippen molar-refractivity contribution in [1.29, 1.82) is 0 Å². The zero-order valence-corrected chi connectivity index (χ0v) is 12.9. The van der Waals surface area contributed by atoms with Gasteiger partial charge in [-0.2, -0.15) is 0 Å². The Bertz CT molecular complexity index is 500. The number of hydrogen-bond donors (Lipinski definition) is 1. The maximum absolute atomic E-state index is 11.6. The molecule has 1 amide bonds. The summed E-state index contributed by atoms with van der Waals surface area (Å²) in [5.41, 5.74) is 0.574. The molecule has 0 heterocycles. The Morgan fingerprint density at radius 3 is 2.76 bits per heavy atom. The topological polar surface area (TPSA) is 55.4 Å². The maximum atomic E-state index is 11.6. The molecular weight excluding hydrogens is 290 g/mol. The van der Waals surface area contributed by atoms with Gasteiger partial charge in [-0.3, -0.25) is 4.79 Å². The van der Waals surface area contributed by atoms with Gasteiger partial charge in [0.15, 0.2) is 0 Å². The number of anilines is 1. The minimum Gasteiger partial charge on any atom is -0.463 e. The Balaban J connectivity index is 2.28. The summed E-state index contributed by atoms with van der Waals surface area (Å²) in [6, 6.07) is 6.78. The fraction of sp³-hybridized carbons (Fsp3) is 0.375. The molecule has 0 atom stereocenters. The van der Waals surface area contributed by atoms with E-state index in [-0.39, 0.29) is 0 Å². The number of carbonyl (C=O) groups excluding carboxylic acids is 2. The minimum absolute atomic E-state index is 0.388. The zero-order chi connectivity index (χ0) is 15.5. The monoisotopic (exact) mass is 309 g/mol. The summed E-state index contributed by atoms with van der Waals surface area (Å²) in [4.78, 5) is 23.0. The van der Waals surface area contributed by atoms with Gasteiger partial charge in [0, 0.05) is 22.9 Å². The number of benzene rings is 1. The molecule has 0 aliphatic carbocycles. The van der Waals surface area contributed by atoms with Crippen LogP contribution in [0.2, 0.25) is 5.02 Å². The summed E-state index contributed by atoms with van der Waals surface area (Å²) in [6.45, 7) is 2.51. The lowest BCUT2D eigenvalue weighted by atomic mass is 10.2. The molecule has 0 fully saturated rings. The van der Waals surface area contributed by atoms with Gasteiger partial charge in [0.2, 0.25) is 5.91 Å². The SMILES string of the molecule is CCCCCCOC(=O)/C=C/C(=O)Nc1cccc(Cl)c1. The number of ether oxygens (including phenoxy) is 1. The Hall–Kier alpha value is -1.81. The van der Waals surface area contributed by atoms with Crippen LogP contribution in [0.5, 0.6) is 0 Å². The molecule has 0 aliphatic rings. The Morgan fingerprint density at radius 2 is 2.05 bits per heavy atom. The molecule has 0 saturated heterocycles. The van der Waals surface area contributed by atoms with Crippen LogP contribution in [-0.2, 0) is 14.3 Å². The Labute approximate surface area is 130 Å². The molecule has 114 valence electrons. The fourth-order valence-electron chi connectivity index (χ4n) is 1.64. The molecule has 0 spiro atoms. The van der Waals surface area contributed by atoms with Gasteiger partial charge in [-0.1, -0.05) is 43.9 Å². The minimum atomic E-state index is -0.507. The van der Waals surface area contributed by atoms with E-state index in [0.29, 0.717) is 17.3 Å². The van der Waals surface area contributed by atoms with Crippen LogP contribution < -0.4 is 5.32 Å². The summed E-state index contributed by atoms with van der Waals surface area (Å²) in [5, 5.41) is 3.13. The van der Waals surface area contributed by atoms with Crippen molar-refractivity contribution in [3.05, 3.63) is 41.4 Å². The average molecular weight is 310 g/mol. The van der Waals surface area contributed by atoms with Gasteiger partial charge in [-0.25, -0.2) is 4.79 Å². The fourth-order valence-corrected chi connectivity index (χ4v) is 1.83. The summed E-state index contributed by atoms with van der Waals surface area (Å²) < 4.78 is 4.98. The lowest BCUT2D eigenvalue weighted by molar-refractivity contribution is -0.138. The molecule has 1 aromatic carbocycles. The lowest BCUT2D eigenvalue weighted by Gasteiger charge is -2.02. The van der Waals surface area contributed by atoms with E-state index in [1.807, 2.05) is 0 Å². The molecule has 21 heavy (non-hydrogen) atoms. The number of hydrogen-bond acceptors (Lipinski definition) is 3. The molecule has 0 aliphatic heterocycles. The van der Waals surface area contributed by atoms with Crippen molar-refractivity contribution in [3.8, 4) is 0 Å². The predicted molar refractivity (Wildman–Crippen MR) is 84.3 cm³/mol. The van der Waals surface area contributed by atoms with Crippen molar-refractivity contribution >= 4 is 29.2 Å². The van der Waals surface area contributed by atoms with E-state index in [4.69, 9.17) is 16.3 Å². The third kappa shape index (κ3) is 8.15. The van der Waals surface area contributed by atoms with E-state index in [0.717, 1.165) is 37.8 Å². The highest BCUT2D eigenvalue weighted by atomic mass is 35.5. The normalized spacial score (nSPS) is 10.6. The number of carbonyl (C=O) groups is 2. The van der Waals surface area contributed by atoms with Crippen LogP contribution >= 0.6 is 11.6 Å². The molecule has 0 aromatic heterocycles. The highest BCUT2D eigenvalue weighted by molar-refractivity contribution is 6.30. The molecule has 4 nitrogen and oxygen atoms in total. The second kappa shape index (κ2) is 10.00. The van der Waals surface area contributed by atoms with Crippen LogP contribution in [0.4, 0.5) is 5.69 Å². The third-order valence-electron chi connectivity index (χ3n) is 2.71. The molecule has 0 radical (unpaired) electrons. The lowest BCUT2D eigenvalue weighted by Crippen LogP contribution is -2.09. The molecule has 1 aromatic rings. The van der Waals surface area contributed by atoms with Crippen LogP contribution in [-0.4, -0.2) is 18.5 Å². The zero-order valence-electron chi connectivity index (χ0n) is 12.1. The van der Waals surface area contributed by atoms with E-state index in [2.05, 4.69) is 12.2 Å². The number of nitrogens with one attached hydrogen (secondary N) is 1. The standard InChI is InChI=1S/C16H20ClNO3/c1-2-3-4-5-11-21-16(20)10-9-15(19)18-14-8-6-7-13(17)12-14/h6-10,12H,2-5,11H2,1H3,(H,18,19)/b10-9+. The Kier molecular flexibility index (Phi) is 8.21. The highest BCUT2D eigenvalue weighted by Crippen LogP contribution is 2.14. The first-order valence-electron chi connectivity index (χ1n) is 7.03. The number of esters is 1. The largest absolute Gasteiger partial charge is 0.463 e. The second-order valence-electron chi connectivity index (χ2n) is 4.56. The molecule has 1 rings (SSSR count). The average Bonchev–Trinajstić information content (AvgIpc) is 2.45. The van der Waals surface area contributed by atoms with E-state index < -0.39 is 11.9 Å². The smallest absolute Gasteiger partial charge is 0.330 e. The quantitative estimate of drug-likeness (QED) is 0.449. The van der Waals surface area contributed by atoms with E-state index in [1.165, 1.54) is 0 Å². The van der Waals surface area contributed by atoms with Crippen LogP contribution in [0.25, 0.3) is 0 Å². The van der Waals surface area contributed by atoms with Gasteiger partial charge in [0.05, 0.1) is 6.61 Å². The van der Waals surface area contributed by atoms with Crippen LogP contribution in [0.3, 0.4) is 0 Å². The first-order valence-corrected chi connectivity index (χ1v) is 7.41. The van der Waals surface area contributed by atoms with Crippen molar-refractivity contribution in [2.45, 2.75) is 32.6 Å². The third-order valence-corrected chi connectivity index (χ3v) is 2.94. The van der Waals surface area contributed by atoms with E-state index >= 15 is 0 Å². The molecule has 5 heteroatoms. The number of unbranched alkanes of at least 4 members (excludes halogenated alkanes) is 3. The highest BCUT2D eigenvalue weighted by Gasteiger charge is 2.01. The first-order chi connectivity index (χ1) is 10.1. The van der Waals surface area contributed by atoms with Gasteiger partial charge >= 0.3 is 5.97 Å². The van der Waals surface area contributed by atoms with Crippen molar-refractivity contribution < 1.29 is 14.3 Å². The van der Waals surface area contributed by atoms with E-state index in [9.17, 15) is 9.59 Å². The molecule has 0 bridgehead atoms. The molecular formula is C16H20ClNO3. The van der Waals surface area contributed by atoms with Crippen LogP contribution in [0.1, 0.15) is 32.6 Å².